The second-order valence-corrected chi connectivity index (χ2v) is 15.2. The summed E-state index contributed by atoms with van der Waals surface area (Å²) in [6.45, 7) is 2.27. The molecule has 13 heteroatoms. The van der Waals surface area contributed by atoms with Crippen LogP contribution in [0.5, 0.6) is 0 Å². The van der Waals surface area contributed by atoms with Crippen LogP contribution in [0.2, 0.25) is 0 Å². The van der Waals surface area contributed by atoms with Gasteiger partial charge >= 0.3 is 25.7 Å². The fourth-order valence-electron chi connectivity index (χ4n) is 5.13. The fourth-order valence-corrected chi connectivity index (χ4v) is 5.91. The first-order chi connectivity index (χ1) is 26.0. The zero-order chi connectivity index (χ0) is 40.1. The van der Waals surface area contributed by atoms with Gasteiger partial charge in [0.25, 0.3) is 0 Å². The highest BCUT2D eigenvalue weighted by atomic mass is 31.2. The Hall–Kier alpha value is -2.60. The van der Waals surface area contributed by atoms with E-state index in [0.29, 0.717) is 19.3 Å². The van der Waals surface area contributed by atoms with E-state index in [1.807, 2.05) is 19.1 Å². The first-order valence-electron chi connectivity index (χ1n) is 20.2. The Morgan fingerprint density at radius 1 is 0.648 bits per heavy atom. The van der Waals surface area contributed by atoms with Crippen molar-refractivity contribution >= 4 is 25.7 Å². The number of carbonyl (C=O) groups excluding carboxylic acids is 2. The molecule has 0 amide bonds. The quantitative estimate of drug-likeness (QED) is 0.0202. The van der Waals surface area contributed by atoms with Crippen LogP contribution in [0.1, 0.15) is 155 Å². The van der Waals surface area contributed by atoms with Crippen LogP contribution in [-0.2, 0) is 37.5 Å². The molecule has 0 aromatic heterocycles. The van der Waals surface area contributed by atoms with Gasteiger partial charge in [0.15, 0.2) is 6.10 Å². The molecular formula is C41H72NO11P. The van der Waals surface area contributed by atoms with Crippen LogP contribution in [0.3, 0.4) is 0 Å². The van der Waals surface area contributed by atoms with Gasteiger partial charge in [-0.1, -0.05) is 126 Å². The maximum Gasteiger partial charge on any atom is 0.472 e. The molecule has 4 atom stereocenters. The molecule has 0 aromatic rings. The number of esters is 2. The van der Waals surface area contributed by atoms with E-state index in [4.69, 9.17) is 24.8 Å². The van der Waals surface area contributed by atoms with Gasteiger partial charge in [-0.3, -0.25) is 23.4 Å². The molecule has 54 heavy (non-hydrogen) atoms. The van der Waals surface area contributed by atoms with Crippen molar-refractivity contribution < 1.29 is 52.6 Å². The lowest BCUT2D eigenvalue weighted by Gasteiger charge is -2.20. The van der Waals surface area contributed by atoms with Gasteiger partial charge in [-0.2, -0.15) is 0 Å². The average molecular weight is 786 g/mol. The third kappa shape index (κ3) is 36.4. The zero-order valence-electron chi connectivity index (χ0n) is 33.2. The summed E-state index contributed by atoms with van der Waals surface area (Å²) in [7, 11) is -4.73. The molecule has 0 radical (unpaired) electrons. The molecule has 1 unspecified atom stereocenters. The van der Waals surface area contributed by atoms with Crippen LogP contribution < -0.4 is 5.73 Å². The standard InChI is InChI=1S/C41H72NO11P/c1-3-4-5-6-7-8-9-16-20-23-26-29-32-40(45)53-37(34-51-54(48,49)52-35-38(42)41(46)47)33-50-39(44)31-28-25-22-19-17-14-12-10-11-13-15-18-21-24-27-30-36(2)43/h11-14,18-19,21-22,36-38,43H,3-10,15-17,20,23-35,42H2,1-2H3,(H,46,47)(H,48,49)/b13-11-,14-12-,21-18-,22-19-/t36-,37-,38+/m1/s1. The molecule has 0 saturated heterocycles. The fraction of sp³-hybridized carbons (Fsp3) is 0.732. The molecule has 0 aromatic carbocycles. The van der Waals surface area contributed by atoms with Gasteiger partial charge in [0, 0.05) is 12.8 Å². The largest absolute Gasteiger partial charge is 0.480 e. The molecule has 312 valence electrons. The van der Waals surface area contributed by atoms with Crippen LogP contribution in [0, 0.1) is 0 Å². The molecule has 12 nitrogen and oxygen atoms in total. The van der Waals surface area contributed by atoms with Gasteiger partial charge in [0.05, 0.1) is 19.3 Å². The molecular weight excluding hydrogens is 713 g/mol. The molecule has 0 spiro atoms. The van der Waals surface area contributed by atoms with Crippen LogP contribution in [-0.4, -0.2) is 71.1 Å². The third-order valence-electron chi connectivity index (χ3n) is 8.35. The predicted molar refractivity (Wildman–Crippen MR) is 214 cm³/mol. The number of unbranched alkanes of at least 4 members (excludes halogenated alkanes) is 13. The third-order valence-corrected chi connectivity index (χ3v) is 9.30. The summed E-state index contributed by atoms with van der Waals surface area (Å²) < 4.78 is 32.5. The number of ether oxygens (including phenoxy) is 2. The van der Waals surface area contributed by atoms with Gasteiger partial charge in [0.1, 0.15) is 12.6 Å². The molecule has 0 bridgehead atoms. The van der Waals surface area contributed by atoms with E-state index in [1.54, 1.807) is 0 Å². The van der Waals surface area contributed by atoms with E-state index < -0.39 is 51.1 Å². The molecule has 0 aliphatic carbocycles. The zero-order valence-corrected chi connectivity index (χ0v) is 34.1. The summed E-state index contributed by atoms with van der Waals surface area (Å²) in [4.78, 5) is 45.8. The number of hydrogen-bond acceptors (Lipinski definition) is 10. The van der Waals surface area contributed by atoms with Gasteiger partial charge in [-0.05, 0) is 64.7 Å². The molecule has 0 saturated carbocycles. The molecule has 0 fully saturated rings. The first kappa shape index (κ1) is 51.4. The Morgan fingerprint density at radius 3 is 1.63 bits per heavy atom. The van der Waals surface area contributed by atoms with Crippen molar-refractivity contribution in [3.05, 3.63) is 48.6 Å². The Labute approximate surface area is 325 Å². The number of aliphatic carboxylic acids is 1. The number of hydrogen-bond donors (Lipinski definition) is 4. The minimum absolute atomic E-state index is 0.134. The van der Waals surface area contributed by atoms with Crippen molar-refractivity contribution in [3.8, 4) is 0 Å². The summed E-state index contributed by atoms with van der Waals surface area (Å²) in [6.07, 6.45) is 36.0. The minimum Gasteiger partial charge on any atom is -0.480 e. The SMILES string of the molecule is CCCCCCCCCCCCCCC(=O)O[C@H](COC(=O)CCC/C=C\C/C=C\C/C=C\C/C=C\CCC[C@@H](C)O)COP(=O)(O)OC[C@H](N)C(=O)O. The number of allylic oxidation sites excluding steroid dienone is 8. The lowest BCUT2D eigenvalue weighted by Crippen LogP contribution is -2.34. The number of carboxylic acids is 1. The van der Waals surface area contributed by atoms with E-state index in [2.05, 4.69) is 47.9 Å². The summed E-state index contributed by atoms with van der Waals surface area (Å²) in [5.74, 6) is -2.47. The summed E-state index contributed by atoms with van der Waals surface area (Å²) in [5.41, 5.74) is 5.31. The summed E-state index contributed by atoms with van der Waals surface area (Å²) in [5, 5.41) is 18.1. The minimum atomic E-state index is -4.73. The van der Waals surface area contributed by atoms with Crippen LogP contribution in [0.15, 0.2) is 48.6 Å². The highest BCUT2D eigenvalue weighted by Gasteiger charge is 2.28. The van der Waals surface area contributed by atoms with Crippen molar-refractivity contribution in [1.82, 2.24) is 0 Å². The molecule has 0 heterocycles. The molecule has 0 aliphatic heterocycles. The Kier molecular flexibility index (Phi) is 34.3. The number of phosphoric acid groups is 1. The highest BCUT2D eigenvalue weighted by Crippen LogP contribution is 2.43. The number of aliphatic hydroxyl groups is 1. The number of phosphoric ester groups is 1. The molecule has 5 N–H and O–H groups in total. The Bertz CT molecular complexity index is 1120. The van der Waals surface area contributed by atoms with Crippen LogP contribution in [0.4, 0.5) is 0 Å². The predicted octanol–water partition coefficient (Wildman–Crippen LogP) is 9.19. The second-order valence-electron chi connectivity index (χ2n) is 13.7. The number of aliphatic hydroxyl groups excluding tert-OH is 1. The number of nitrogens with two attached hydrogens (primary N) is 1. The number of carboxylic acid groups (broad SMARTS) is 1. The van der Waals surface area contributed by atoms with Crippen LogP contribution in [0.25, 0.3) is 0 Å². The highest BCUT2D eigenvalue weighted by molar-refractivity contribution is 7.47. The van der Waals surface area contributed by atoms with Crippen molar-refractivity contribution in [2.24, 2.45) is 5.73 Å². The number of rotatable bonds is 37. The lowest BCUT2D eigenvalue weighted by atomic mass is 10.0. The molecule has 0 aliphatic rings. The van der Waals surface area contributed by atoms with E-state index >= 15 is 0 Å². The summed E-state index contributed by atoms with van der Waals surface area (Å²) in [6, 6.07) is -1.53. The van der Waals surface area contributed by atoms with Gasteiger partial charge < -0.3 is 30.3 Å². The van der Waals surface area contributed by atoms with Crippen molar-refractivity contribution in [2.75, 3.05) is 19.8 Å². The smallest absolute Gasteiger partial charge is 0.472 e. The van der Waals surface area contributed by atoms with Crippen molar-refractivity contribution in [2.45, 2.75) is 173 Å². The van der Waals surface area contributed by atoms with Crippen LogP contribution >= 0.6 is 7.82 Å². The Balaban J connectivity index is 4.49. The van der Waals surface area contributed by atoms with E-state index in [-0.39, 0.29) is 25.6 Å². The normalized spacial score (nSPS) is 14.9. The average Bonchev–Trinajstić information content (AvgIpc) is 3.13. The number of carbonyl (C=O) groups is 3. The summed E-state index contributed by atoms with van der Waals surface area (Å²) >= 11 is 0. The van der Waals surface area contributed by atoms with Crippen molar-refractivity contribution in [3.63, 3.8) is 0 Å². The maximum atomic E-state index is 12.6. The lowest BCUT2D eigenvalue weighted by molar-refractivity contribution is -0.161. The van der Waals surface area contributed by atoms with Gasteiger partial charge in [0.2, 0.25) is 0 Å². The van der Waals surface area contributed by atoms with Gasteiger partial charge in [-0.15, -0.1) is 0 Å². The Morgan fingerprint density at radius 2 is 1.11 bits per heavy atom. The maximum absolute atomic E-state index is 12.6. The molecule has 0 rings (SSSR count). The first-order valence-corrected chi connectivity index (χ1v) is 21.7. The topological polar surface area (TPSA) is 192 Å². The second kappa shape index (κ2) is 36.1. The van der Waals surface area contributed by atoms with E-state index in [0.717, 1.165) is 57.8 Å². The van der Waals surface area contributed by atoms with Crippen molar-refractivity contribution in [1.29, 1.82) is 0 Å². The van der Waals surface area contributed by atoms with E-state index in [9.17, 15) is 28.9 Å². The van der Waals surface area contributed by atoms with Gasteiger partial charge in [-0.25, -0.2) is 4.57 Å². The van der Waals surface area contributed by atoms with E-state index in [1.165, 1.54) is 51.4 Å². The monoisotopic (exact) mass is 785 g/mol.